The van der Waals surface area contributed by atoms with Crippen LogP contribution in [0.15, 0.2) is 0 Å². The van der Waals surface area contributed by atoms with E-state index in [4.69, 9.17) is 0 Å². The fraction of sp³-hybridized carbons (Fsp3) is 1.00. The molecule has 2 nitrogen and oxygen atoms in total. The summed E-state index contributed by atoms with van der Waals surface area (Å²) in [6, 6.07) is 0. The molecule has 0 atom stereocenters. The van der Waals surface area contributed by atoms with Crippen LogP contribution >= 0.6 is 12.9 Å². The Hall–Kier alpha value is 0.270. The van der Waals surface area contributed by atoms with Crippen LogP contribution in [-0.4, -0.2) is 31.1 Å². The summed E-state index contributed by atoms with van der Waals surface area (Å²) in [5, 5.41) is 0. The van der Waals surface area contributed by atoms with Gasteiger partial charge in [0.2, 0.25) is 0 Å². The third-order valence-electron chi connectivity index (χ3n) is 1.91. The van der Waals surface area contributed by atoms with Gasteiger partial charge in [-0.1, -0.05) is 0 Å². The van der Waals surface area contributed by atoms with Gasteiger partial charge in [0.25, 0.3) is 0 Å². The largest absolute Gasteiger partial charge is 0.318 e. The lowest BCUT2D eigenvalue weighted by atomic mass is 10.4. The Morgan fingerprint density at radius 2 is 2.00 bits per heavy atom. The zero-order valence-corrected chi connectivity index (χ0v) is 7.15. The van der Waals surface area contributed by atoms with Crippen LogP contribution in [0.4, 0.5) is 0 Å². The fourth-order valence-corrected chi connectivity index (χ4v) is 1.49. The number of hydrogen-bond donors (Lipinski definition) is 1. The van der Waals surface area contributed by atoms with Gasteiger partial charge in [-0.25, -0.2) is 0 Å². The monoisotopic (exact) mass is 161 g/mol. The van der Waals surface area contributed by atoms with E-state index < -0.39 is 0 Å². The highest BCUT2D eigenvalue weighted by molar-refractivity contribution is 7.75. The van der Waals surface area contributed by atoms with Crippen molar-refractivity contribution in [1.29, 1.82) is 0 Å². The van der Waals surface area contributed by atoms with Gasteiger partial charge in [0, 0.05) is 6.54 Å². The van der Waals surface area contributed by atoms with Crippen molar-refractivity contribution in [2.45, 2.75) is 19.3 Å². The van der Waals surface area contributed by atoms with Gasteiger partial charge in [-0.3, -0.25) is 0 Å². The number of rotatable bonds is 4. The summed E-state index contributed by atoms with van der Waals surface area (Å²) in [5.74, 6) is 0. The molecule has 0 aromatic rings. The molecule has 0 N–H and O–H groups in total. The van der Waals surface area contributed by atoms with Gasteiger partial charge in [0.05, 0.1) is 6.61 Å². The first-order valence-corrected chi connectivity index (χ1v) is 4.29. The SMILES string of the molecule is SOCCCN1CCCC1. The fourth-order valence-electron chi connectivity index (χ4n) is 1.36. The first kappa shape index (κ1) is 8.37. The van der Waals surface area contributed by atoms with Gasteiger partial charge in [-0.05, 0) is 45.3 Å². The average molecular weight is 161 g/mol. The molecule has 1 rings (SSSR count). The molecule has 0 aliphatic carbocycles. The number of nitrogens with zero attached hydrogens (tertiary/aromatic N) is 1. The summed E-state index contributed by atoms with van der Waals surface area (Å²) in [5.41, 5.74) is 0. The van der Waals surface area contributed by atoms with Gasteiger partial charge in [0.1, 0.15) is 0 Å². The third-order valence-corrected chi connectivity index (χ3v) is 2.09. The standard InChI is InChI=1S/C7H15NOS/c10-9-7-3-6-8-4-1-2-5-8/h10H,1-7H2. The van der Waals surface area contributed by atoms with Gasteiger partial charge >= 0.3 is 0 Å². The lowest BCUT2D eigenvalue weighted by Crippen LogP contribution is -2.21. The molecule has 1 fully saturated rings. The van der Waals surface area contributed by atoms with Crippen molar-refractivity contribution in [3.63, 3.8) is 0 Å². The van der Waals surface area contributed by atoms with Crippen molar-refractivity contribution in [2.24, 2.45) is 0 Å². The Morgan fingerprint density at radius 3 is 2.60 bits per heavy atom. The van der Waals surface area contributed by atoms with Gasteiger partial charge in [0.15, 0.2) is 0 Å². The maximum Gasteiger partial charge on any atom is 0.0622 e. The molecule has 1 aliphatic rings. The van der Waals surface area contributed by atoms with Crippen molar-refractivity contribution < 1.29 is 4.18 Å². The predicted octanol–water partition coefficient (Wildman–Crippen LogP) is 1.33. The molecule has 1 heterocycles. The Labute approximate surface area is 68.2 Å². The van der Waals surface area contributed by atoms with E-state index in [0.717, 1.165) is 13.0 Å². The van der Waals surface area contributed by atoms with E-state index >= 15 is 0 Å². The normalized spacial score (nSPS) is 20.1. The summed E-state index contributed by atoms with van der Waals surface area (Å²) in [6.07, 6.45) is 3.87. The summed E-state index contributed by atoms with van der Waals surface area (Å²) < 4.78 is 4.67. The van der Waals surface area contributed by atoms with Crippen molar-refractivity contribution in [3.8, 4) is 0 Å². The molecule has 0 aromatic carbocycles. The maximum absolute atomic E-state index is 4.67. The second kappa shape index (κ2) is 4.99. The summed E-state index contributed by atoms with van der Waals surface area (Å²) in [6.45, 7) is 4.53. The minimum Gasteiger partial charge on any atom is -0.318 e. The molecule has 10 heavy (non-hydrogen) atoms. The minimum atomic E-state index is 0.777. The summed E-state index contributed by atoms with van der Waals surface area (Å²) >= 11 is 3.68. The molecule has 0 radical (unpaired) electrons. The van der Waals surface area contributed by atoms with E-state index in [1.165, 1.54) is 32.5 Å². The molecule has 0 unspecified atom stereocenters. The smallest absolute Gasteiger partial charge is 0.0622 e. The van der Waals surface area contributed by atoms with Crippen molar-refractivity contribution in [1.82, 2.24) is 4.90 Å². The second-order valence-electron chi connectivity index (χ2n) is 2.74. The van der Waals surface area contributed by atoms with Crippen LogP contribution in [-0.2, 0) is 4.18 Å². The number of likely N-dealkylation sites (tertiary alicyclic amines) is 1. The Kier molecular flexibility index (Phi) is 4.18. The molecule has 0 amide bonds. The van der Waals surface area contributed by atoms with E-state index in [1.54, 1.807) is 0 Å². The zero-order chi connectivity index (χ0) is 7.23. The van der Waals surface area contributed by atoms with E-state index in [-0.39, 0.29) is 0 Å². The highest BCUT2D eigenvalue weighted by atomic mass is 32.1. The van der Waals surface area contributed by atoms with Gasteiger partial charge in [-0.2, -0.15) is 0 Å². The molecule has 0 bridgehead atoms. The Morgan fingerprint density at radius 1 is 1.30 bits per heavy atom. The molecule has 0 aromatic heterocycles. The van der Waals surface area contributed by atoms with Crippen LogP contribution < -0.4 is 0 Å². The molecular weight excluding hydrogens is 146 g/mol. The Balaban J connectivity index is 1.91. The molecule has 3 heteroatoms. The van der Waals surface area contributed by atoms with Crippen LogP contribution in [0.3, 0.4) is 0 Å². The highest BCUT2D eigenvalue weighted by Gasteiger charge is 2.09. The van der Waals surface area contributed by atoms with E-state index in [2.05, 4.69) is 22.0 Å². The molecule has 60 valence electrons. The third kappa shape index (κ3) is 2.90. The lowest BCUT2D eigenvalue weighted by molar-refractivity contribution is 0.289. The molecule has 0 spiro atoms. The van der Waals surface area contributed by atoms with Crippen molar-refractivity contribution >= 4 is 12.9 Å². The first-order chi connectivity index (χ1) is 4.93. The molecule has 0 saturated carbocycles. The predicted molar refractivity (Wildman–Crippen MR) is 45.2 cm³/mol. The maximum atomic E-state index is 4.67. The summed E-state index contributed by atoms with van der Waals surface area (Å²) in [4.78, 5) is 2.48. The first-order valence-electron chi connectivity index (χ1n) is 3.92. The zero-order valence-electron chi connectivity index (χ0n) is 6.25. The van der Waals surface area contributed by atoms with Crippen molar-refractivity contribution in [3.05, 3.63) is 0 Å². The van der Waals surface area contributed by atoms with Gasteiger partial charge in [-0.15, -0.1) is 0 Å². The lowest BCUT2D eigenvalue weighted by Gasteiger charge is -2.12. The molecule has 1 saturated heterocycles. The minimum absolute atomic E-state index is 0.777. The van der Waals surface area contributed by atoms with E-state index in [9.17, 15) is 0 Å². The number of thiol groups is 1. The Bertz CT molecular complexity index is 83.7. The highest BCUT2D eigenvalue weighted by Crippen LogP contribution is 2.07. The van der Waals surface area contributed by atoms with E-state index in [0.29, 0.717) is 0 Å². The van der Waals surface area contributed by atoms with Crippen LogP contribution in [0.1, 0.15) is 19.3 Å². The topological polar surface area (TPSA) is 12.5 Å². The second-order valence-corrected chi connectivity index (χ2v) is 2.99. The molecular formula is C7H15NOS. The van der Waals surface area contributed by atoms with Gasteiger partial charge < -0.3 is 9.08 Å². The molecule has 1 aliphatic heterocycles. The van der Waals surface area contributed by atoms with Crippen LogP contribution in [0, 0.1) is 0 Å². The number of hydrogen-bond acceptors (Lipinski definition) is 3. The van der Waals surface area contributed by atoms with E-state index in [1.807, 2.05) is 0 Å². The summed E-state index contributed by atoms with van der Waals surface area (Å²) in [7, 11) is 0. The average Bonchev–Trinajstić information content (AvgIpc) is 2.41. The quantitative estimate of drug-likeness (QED) is 0.379. The van der Waals surface area contributed by atoms with Crippen molar-refractivity contribution in [2.75, 3.05) is 26.2 Å². The van der Waals surface area contributed by atoms with Crippen LogP contribution in [0.2, 0.25) is 0 Å². The van der Waals surface area contributed by atoms with Crippen LogP contribution in [0.25, 0.3) is 0 Å². The van der Waals surface area contributed by atoms with Crippen LogP contribution in [0.5, 0.6) is 0 Å².